The molecule has 0 saturated carbocycles. The molecule has 0 fully saturated rings. The number of benzene rings is 1. The monoisotopic (exact) mass is 548 g/mol. The van der Waals surface area contributed by atoms with E-state index in [2.05, 4.69) is 30.6 Å². The van der Waals surface area contributed by atoms with Gasteiger partial charge in [0.2, 0.25) is 0 Å². The Bertz CT molecular complexity index is 1700. The summed E-state index contributed by atoms with van der Waals surface area (Å²) in [5.41, 5.74) is 8.43. The molecule has 4 heterocycles. The van der Waals surface area contributed by atoms with Gasteiger partial charge in [0.25, 0.3) is 12.3 Å². The molecule has 0 bridgehead atoms. The maximum absolute atomic E-state index is 13.9. The van der Waals surface area contributed by atoms with Gasteiger partial charge in [0.1, 0.15) is 23.7 Å². The number of carbonyl (C=O) groups is 1. The van der Waals surface area contributed by atoms with Gasteiger partial charge >= 0.3 is 0 Å². The number of pyridine rings is 1. The van der Waals surface area contributed by atoms with Crippen molar-refractivity contribution in [3.05, 3.63) is 65.7 Å². The van der Waals surface area contributed by atoms with Crippen molar-refractivity contribution in [3.8, 4) is 17.4 Å². The lowest BCUT2D eigenvalue weighted by atomic mass is 10.2. The lowest BCUT2D eigenvalue weighted by Gasteiger charge is -2.16. The number of amides is 1. The number of anilines is 3. The number of fused-ring (bicyclic) bond motifs is 1. The van der Waals surface area contributed by atoms with Crippen molar-refractivity contribution in [3.63, 3.8) is 0 Å². The molecule has 0 atom stereocenters. The van der Waals surface area contributed by atoms with E-state index in [0.29, 0.717) is 39.8 Å². The van der Waals surface area contributed by atoms with Crippen LogP contribution in [0.5, 0.6) is 5.75 Å². The summed E-state index contributed by atoms with van der Waals surface area (Å²) >= 11 is 0. The van der Waals surface area contributed by atoms with E-state index in [1.807, 2.05) is 6.92 Å². The van der Waals surface area contributed by atoms with Crippen LogP contribution in [-0.2, 0) is 4.79 Å². The van der Waals surface area contributed by atoms with Crippen LogP contribution in [0.15, 0.2) is 48.8 Å². The Hall–Kier alpha value is -5.14. The van der Waals surface area contributed by atoms with Crippen molar-refractivity contribution in [1.82, 2.24) is 39.4 Å². The second-order valence-corrected chi connectivity index (χ2v) is 9.22. The molecule has 0 saturated heterocycles. The number of ether oxygens (including phenoxy) is 1. The van der Waals surface area contributed by atoms with Crippen molar-refractivity contribution in [2.75, 3.05) is 31.8 Å². The number of aromatic nitrogens is 7. The van der Waals surface area contributed by atoms with Gasteiger partial charge < -0.3 is 20.7 Å². The zero-order chi connectivity index (χ0) is 28.6. The van der Waals surface area contributed by atoms with Crippen LogP contribution in [0.2, 0.25) is 0 Å². The third-order valence-electron chi connectivity index (χ3n) is 6.04. The second kappa shape index (κ2) is 10.6. The first-order valence-electron chi connectivity index (χ1n) is 12.1. The first kappa shape index (κ1) is 26.5. The zero-order valence-corrected chi connectivity index (χ0v) is 22.1. The zero-order valence-electron chi connectivity index (χ0n) is 22.1. The molecule has 14 heteroatoms. The fourth-order valence-corrected chi connectivity index (χ4v) is 3.94. The quantitative estimate of drug-likeness (QED) is 0.296. The molecule has 0 unspecified atom stereocenters. The molecule has 0 spiro atoms. The minimum absolute atomic E-state index is 0.0483. The van der Waals surface area contributed by atoms with E-state index in [4.69, 9.17) is 10.5 Å². The first-order chi connectivity index (χ1) is 19.1. The third-order valence-corrected chi connectivity index (χ3v) is 6.04. The minimum Gasteiger partial charge on any atom is -0.482 e. The van der Waals surface area contributed by atoms with E-state index >= 15 is 0 Å². The highest BCUT2D eigenvalue weighted by Crippen LogP contribution is 2.34. The average Bonchev–Trinajstić information content (AvgIpc) is 3.49. The number of nitrogens with two attached hydrogens (primary N) is 1. The Kier molecular flexibility index (Phi) is 6.98. The summed E-state index contributed by atoms with van der Waals surface area (Å²) in [5.74, 6) is 1.02. The summed E-state index contributed by atoms with van der Waals surface area (Å²) in [6.07, 6.45) is -1.26. The maximum atomic E-state index is 13.9. The van der Waals surface area contributed by atoms with E-state index in [1.165, 1.54) is 28.0 Å². The minimum atomic E-state index is -2.78. The Balaban J connectivity index is 1.61. The summed E-state index contributed by atoms with van der Waals surface area (Å²) in [7, 11) is 3.26. The van der Waals surface area contributed by atoms with Crippen LogP contribution in [0.3, 0.4) is 0 Å². The van der Waals surface area contributed by atoms with Crippen LogP contribution >= 0.6 is 0 Å². The molecule has 3 N–H and O–H groups in total. The smallest absolute Gasteiger partial charge is 0.267 e. The number of alkyl halides is 2. The van der Waals surface area contributed by atoms with Gasteiger partial charge in [0.05, 0.1) is 28.0 Å². The number of halogens is 2. The lowest BCUT2D eigenvalue weighted by Crippen LogP contribution is -2.27. The third kappa shape index (κ3) is 5.23. The number of nitrogens with zero attached hydrogens (tertiary/aromatic N) is 8. The highest BCUT2D eigenvalue weighted by Gasteiger charge is 2.21. The van der Waals surface area contributed by atoms with E-state index in [9.17, 15) is 13.6 Å². The Morgan fingerprint density at radius 2 is 1.93 bits per heavy atom. The number of nitrogens with one attached hydrogen (secondary N) is 1. The van der Waals surface area contributed by atoms with E-state index < -0.39 is 6.43 Å². The van der Waals surface area contributed by atoms with Gasteiger partial charge in [0.15, 0.2) is 18.2 Å². The topological polar surface area (TPSA) is 142 Å². The van der Waals surface area contributed by atoms with Crippen LogP contribution in [0.25, 0.3) is 22.7 Å². The summed E-state index contributed by atoms with van der Waals surface area (Å²) in [6.45, 7) is 3.31. The number of rotatable bonds is 8. The molecule has 0 aliphatic carbocycles. The second-order valence-electron chi connectivity index (χ2n) is 9.22. The summed E-state index contributed by atoms with van der Waals surface area (Å²) in [5, 5.41) is 15.5. The highest BCUT2D eigenvalue weighted by molar-refractivity contribution is 5.86. The molecule has 0 aliphatic heterocycles. The van der Waals surface area contributed by atoms with Crippen LogP contribution < -0.4 is 15.8 Å². The highest BCUT2D eigenvalue weighted by atomic mass is 19.3. The fourth-order valence-electron chi connectivity index (χ4n) is 3.94. The number of carbonyl (C=O) groups excluding carboxylic acids is 1. The molecule has 40 heavy (non-hydrogen) atoms. The van der Waals surface area contributed by atoms with Gasteiger partial charge in [-0.05, 0) is 44.2 Å². The van der Waals surface area contributed by atoms with Gasteiger partial charge in [-0.1, -0.05) is 0 Å². The number of hydrogen-bond donors (Lipinski definition) is 2. The number of hydrogen-bond acceptors (Lipinski definition) is 9. The summed E-state index contributed by atoms with van der Waals surface area (Å²) < 4.78 is 36.6. The predicted molar refractivity (Wildman–Crippen MR) is 144 cm³/mol. The molecular formula is C26H26F2N10O2. The van der Waals surface area contributed by atoms with Gasteiger partial charge in [0, 0.05) is 31.9 Å². The van der Waals surface area contributed by atoms with Crippen LogP contribution in [0.4, 0.5) is 26.1 Å². The normalized spacial score (nSPS) is 11.3. The van der Waals surface area contributed by atoms with Gasteiger partial charge in [-0.3, -0.25) is 9.36 Å². The van der Waals surface area contributed by atoms with Crippen LogP contribution in [0, 0.1) is 13.8 Å². The molecule has 1 amide bonds. The standard InChI is InChI=1S/C26H26F2N10O2/c1-14-5-7-22(34-33-14)31-18-10-17-19(11-20(18)40-12-24(39)36(3)4)37(13-30-17)23-8-6-16(25(27)28)26(32-23)38-15(2)9-21(29)35-38/h5-11,13,25H,12H2,1-4H3,(H2,29,35)(H,31,34). The maximum Gasteiger partial charge on any atom is 0.267 e. The average molecular weight is 549 g/mol. The van der Waals surface area contributed by atoms with Crippen molar-refractivity contribution in [2.45, 2.75) is 20.3 Å². The van der Waals surface area contributed by atoms with Crippen molar-refractivity contribution < 1.29 is 18.3 Å². The molecule has 12 nitrogen and oxygen atoms in total. The first-order valence-corrected chi connectivity index (χ1v) is 12.1. The Morgan fingerprint density at radius 3 is 2.58 bits per heavy atom. The van der Waals surface area contributed by atoms with E-state index in [1.54, 1.807) is 55.9 Å². The van der Waals surface area contributed by atoms with Gasteiger partial charge in [-0.2, -0.15) is 5.10 Å². The van der Waals surface area contributed by atoms with Crippen molar-refractivity contribution in [2.24, 2.45) is 0 Å². The molecule has 1 aromatic carbocycles. The molecular weight excluding hydrogens is 522 g/mol. The van der Waals surface area contributed by atoms with E-state index in [-0.39, 0.29) is 29.7 Å². The Morgan fingerprint density at radius 1 is 1.12 bits per heavy atom. The van der Waals surface area contributed by atoms with Gasteiger partial charge in [-0.25, -0.2) is 23.4 Å². The predicted octanol–water partition coefficient (Wildman–Crippen LogP) is 3.74. The largest absolute Gasteiger partial charge is 0.482 e. The molecule has 0 aliphatic rings. The molecule has 0 radical (unpaired) electrons. The molecule has 4 aromatic heterocycles. The lowest BCUT2D eigenvalue weighted by molar-refractivity contribution is -0.130. The summed E-state index contributed by atoms with van der Waals surface area (Å²) in [6, 6.07) is 11.3. The number of nitrogen functional groups attached to an aromatic ring is 1. The van der Waals surface area contributed by atoms with Crippen molar-refractivity contribution in [1.29, 1.82) is 0 Å². The number of imidazole rings is 1. The van der Waals surface area contributed by atoms with Crippen LogP contribution in [-0.4, -0.2) is 66.0 Å². The van der Waals surface area contributed by atoms with Crippen molar-refractivity contribution >= 4 is 34.3 Å². The van der Waals surface area contributed by atoms with Crippen LogP contribution in [0.1, 0.15) is 23.4 Å². The fraction of sp³-hybridized carbons (Fsp3) is 0.231. The number of likely N-dealkylation sites (N-methyl/N-ethyl adjacent to an activating group) is 1. The SMILES string of the molecule is Cc1ccc(Nc2cc3ncn(-c4ccc(C(F)F)c(-n5nc(N)cc5C)n4)c3cc2OCC(=O)N(C)C)nn1. The molecule has 5 aromatic rings. The van der Waals surface area contributed by atoms with E-state index in [0.717, 1.165) is 5.69 Å². The molecule has 5 rings (SSSR count). The summed E-state index contributed by atoms with van der Waals surface area (Å²) in [4.78, 5) is 22.7. The van der Waals surface area contributed by atoms with Gasteiger partial charge in [-0.15, -0.1) is 10.2 Å². The molecule has 206 valence electrons. The Labute approximate surface area is 227 Å². The number of aryl methyl sites for hydroxylation is 2.